The van der Waals surface area contributed by atoms with Crippen molar-refractivity contribution < 1.29 is 19.5 Å². The third-order valence-corrected chi connectivity index (χ3v) is 4.02. The number of aryl methyl sites for hydroxylation is 1. The minimum absolute atomic E-state index is 0.0900. The Morgan fingerprint density at radius 1 is 1.27 bits per heavy atom. The van der Waals surface area contributed by atoms with Crippen molar-refractivity contribution >= 4 is 23.5 Å². The molecule has 0 spiro atoms. The number of hydrogen-bond acceptors (Lipinski definition) is 3. The van der Waals surface area contributed by atoms with Gasteiger partial charge in [-0.2, -0.15) is 0 Å². The number of carboxylic acid groups (broad SMARTS) is 1. The second-order valence-corrected chi connectivity index (χ2v) is 5.59. The maximum Gasteiger partial charge on any atom is 0.308 e. The van der Waals surface area contributed by atoms with Crippen LogP contribution in [0.15, 0.2) is 24.3 Å². The zero-order chi connectivity index (χ0) is 16.3. The Labute approximate surface area is 129 Å². The second-order valence-electron chi connectivity index (χ2n) is 5.59. The number of carbonyl (C=O) groups excluding carboxylic acids is 2. The van der Waals surface area contributed by atoms with Gasteiger partial charge in [0.15, 0.2) is 0 Å². The molecule has 118 valence electrons. The van der Waals surface area contributed by atoms with Gasteiger partial charge in [0.25, 0.3) is 0 Å². The lowest BCUT2D eigenvalue weighted by Crippen LogP contribution is -2.47. The van der Waals surface area contributed by atoms with Gasteiger partial charge in [-0.15, -0.1) is 0 Å². The summed E-state index contributed by atoms with van der Waals surface area (Å²) >= 11 is 0. The van der Waals surface area contributed by atoms with Crippen LogP contribution in [0.2, 0.25) is 0 Å². The smallest absolute Gasteiger partial charge is 0.308 e. The van der Waals surface area contributed by atoms with Gasteiger partial charge in [-0.25, -0.2) is 0 Å². The predicted molar refractivity (Wildman–Crippen MR) is 81.5 cm³/mol. The van der Waals surface area contributed by atoms with Crippen LogP contribution in [0.1, 0.15) is 25.8 Å². The summed E-state index contributed by atoms with van der Waals surface area (Å²) in [4.78, 5) is 36.6. The predicted octanol–water partition coefficient (Wildman–Crippen LogP) is 1.19. The fourth-order valence-corrected chi connectivity index (χ4v) is 2.45. The first-order chi connectivity index (χ1) is 10.4. The molecular formula is C16H20N2O4. The highest BCUT2D eigenvalue weighted by Gasteiger charge is 2.27. The number of carboxylic acids is 1. The minimum atomic E-state index is -0.966. The molecule has 1 heterocycles. The van der Waals surface area contributed by atoms with E-state index in [0.717, 1.165) is 11.3 Å². The summed E-state index contributed by atoms with van der Waals surface area (Å²) in [7, 11) is 0. The number of hydrogen-bond donors (Lipinski definition) is 2. The molecule has 2 atom stereocenters. The van der Waals surface area contributed by atoms with Crippen LogP contribution in [0.5, 0.6) is 0 Å². The molecule has 2 N–H and O–H groups in total. The molecule has 1 aromatic carbocycles. The SMILES string of the molecule is CC(NC(=O)CN1C(=O)CCc2ccccc21)C(C)C(=O)O. The first-order valence-electron chi connectivity index (χ1n) is 7.30. The van der Waals surface area contributed by atoms with E-state index in [9.17, 15) is 14.4 Å². The van der Waals surface area contributed by atoms with Crippen molar-refractivity contribution in [3.8, 4) is 0 Å². The molecule has 0 aliphatic carbocycles. The van der Waals surface area contributed by atoms with E-state index in [-0.39, 0.29) is 18.4 Å². The number of anilines is 1. The largest absolute Gasteiger partial charge is 0.481 e. The Kier molecular flexibility index (Phi) is 4.80. The Hall–Kier alpha value is -2.37. The van der Waals surface area contributed by atoms with E-state index in [2.05, 4.69) is 5.32 Å². The highest BCUT2D eigenvalue weighted by molar-refractivity contribution is 6.01. The fraction of sp³-hybridized carbons (Fsp3) is 0.438. The van der Waals surface area contributed by atoms with Crippen molar-refractivity contribution in [1.29, 1.82) is 0 Å². The average Bonchev–Trinajstić information content (AvgIpc) is 2.49. The van der Waals surface area contributed by atoms with Crippen LogP contribution in [0.4, 0.5) is 5.69 Å². The van der Waals surface area contributed by atoms with Gasteiger partial charge >= 0.3 is 5.97 Å². The number of fused-ring (bicyclic) bond motifs is 1. The Morgan fingerprint density at radius 2 is 1.95 bits per heavy atom. The summed E-state index contributed by atoms with van der Waals surface area (Å²) < 4.78 is 0. The molecule has 2 amide bonds. The third-order valence-electron chi connectivity index (χ3n) is 4.02. The summed E-state index contributed by atoms with van der Waals surface area (Å²) in [5.74, 6) is -2.10. The van der Waals surface area contributed by atoms with Gasteiger partial charge in [0, 0.05) is 18.2 Å². The van der Waals surface area contributed by atoms with Gasteiger partial charge < -0.3 is 15.3 Å². The van der Waals surface area contributed by atoms with E-state index >= 15 is 0 Å². The van der Waals surface area contributed by atoms with Crippen molar-refractivity contribution in [1.82, 2.24) is 5.32 Å². The quantitative estimate of drug-likeness (QED) is 0.855. The lowest BCUT2D eigenvalue weighted by atomic mass is 10.0. The van der Waals surface area contributed by atoms with Crippen LogP contribution in [0, 0.1) is 5.92 Å². The van der Waals surface area contributed by atoms with Crippen LogP contribution in [-0.4, -0.2) is 35.5 Å². The molecule has 2 unspecified atom stereocenters. The molecule has 1 aliphatic rings. The standard InChI is InChI=1S/C16H20N2O4/c1-10(16(21)22)11(2)17-14(19)9-18-13-6-4-3-5-12(13)7-8-15(18)20/h3-6,10-11H,7-9H2,1-2H3,(H,17,19)(H,21,22). The Balaban J connectivity index is 2.05. The van der Waals surface area contributed by atoms with Crippen LogP contribution in [0.3, 0.4) is 0 Å². The summed E-state index contributed by atoms with van der Waals surface area (Å²) in [6, 6.07) is 7.01. The molecule has 2 rings (SSSR count). The maximum atomic E-state index is 12.1. The molecule has 6 heteroatoms. The minimum Gasteiger partial charge on any atom is -0.481 e. The molecular weight excluding hydrogens is 284 g/mol. The van der Waals surface area contributed by atoms with E-state index in [1.165, 1.54) is 11.8 Å². The topological polar surface area (TPSA) is 86.7 Å². The number of aliphatic carboxylic acids is 1. The second kappa shape index (κ2) is 6.60. The molecule has 6 nitrogen and oxygen atoms in total. The monoisotopic (exact) mass is 304 g/mol. The van der Waals surface area contributed by atoms with Gasteiger partial charge in [-0.3, -0.25) is 14.4 Å². The number of benzene rings is 1. The van der Waals surface area contributed by atoms with Crippen LogP contribution < -0.4 is 10.2 Å². The van der Waals surface area contributed by atoms with Crippen molar-refractivity contribution in [3.63, 3.8) is 0 Å². The number of nitrogens with one attached hydrogen (secondary N) is 1. The van der Waals surface area contributed by atoms with Crippen molar-refractivity contribution in [3.05, 3.63) is 29.8 Å². The highest BCUT2D eigenvalue weighted by Crippen LogP contribution is 2.27. The van der Waals surface area contributed by atoms with E-state index in [0.29, 0.717) is 12.8 Å². The van der Waals surface area contributed by atoms with Gasteiger partial charge in [0.05, 0.1) is 5.92 Å². The summed E-state index contributed by atoms with van der Waals surface area (Å²) in [5.41, 5.74) is 1.80. The van der Waals surface area contributed by atoms with E-state index in [1.54, 1.807) is 6.92 Å². The lowest BCUT2D eigenvalue weighted by molar-refractivity contribution is -0.142. The first-order valence-corrected chi connectivity index (χ1v) is 7.30. The van der Waals surface area contributed by atoms with Crippen molar-refractivity contribution in [2.24, 2.45) is 5.92 Å². The summed E-state index contributed by atoms with van der Waals surface area (Å²) in [6.45, 7) is 3.09. The third kappa shape index (κ3) is 3.44. The van der Waals surface area contributed by atoms with Gasteiger partial charge in [0.1, 0.15) is 6.54 Å². The molecule has 0 aromatic heterocycles. The number of carbonyl (C=O) groups is 3. The zero-order valence-electron chi connectivity index (χ0n) is 12.7. The molecule has 22 heavy (non-hydrogen) atoms. The fourth-order valence-electron chi connectivity index (χ4n) is 2.45. The zero-order valence-corrected chi connectivity index (χ0v) is 12.7. The highest BCUT2D eigenvalue weighted by atomic mass is 16.4. The van der Waals surface area contributed by atoms with Crippen molar-refractivity contribution in [2.75, 3.05) is 11.4 Å². The Morgan fingerprint density at radius 3 is 2.64 bits per heavy atom. The van der Waals surface area contributed by atoms with Gasteiger partial charge in [-0.05, 0) is 31.9 Å². The number of nitrogens with zero attached hydrogens (tertiary/aromatic N) is 1. The molecule has 0 bridgehead atoms. The average molecular weight is 304 g/mol. The lowest BCUT2D eigenvalue weighted by Gasteiger charge is -2.29. The maximum absolute atomic E-state index is 12.1. The number of amides is 2. The molecule has 0 saturated heterocycles. The Bertz CT molecular complexity index is 600. The first kappa shape index (κ1) is 16.0. The summed E-state index contributed by atoms with van der Waals surface area (Å²) in [5, 5.41) is 11.6. The van der Waals surface area contributed by atoms with Crippen LogP contribution in [-0.2, 0) is 20.8 Å². The molecule has 1 aliphatic heterocycles. The number of rotatable bonds is 5. The van der Waals surface area contributed by atoms with Crippen LogP contribution in [0.25, 0.3) is 0 Å². The van der Waals surface area contributed by atoms with Crippen LogP contribution >= 0.6 is 0 Å². The normalized spacial score (nSPS) is 16.6. The molecule has 0 saturated carbocycles. The molecule has 1 aromatic rings. The van der Waals surface area contributed by atoms with Crippen molar-refractivity contribution in [2.45, 2.75) is 32.7 Å². The van der Waals surface area contributed by atoms with Gasteiger partial charge in [-0.1, -0.05) is 18.2 Å². The van der Waals surface area contributed by atoms with Gasteiger partial charge in [0.2, 0.25) is 11.8 Å². The summed E-state index contributed by atoms with van der Waals surface area (Å²) in [6.07, 6.45) is 1.06. The number of para-hydroxylation sites is 1. The van der Waals surface area contributed by atoms with E-state index in [1.807, 2.05) is 24.3 Å². The van der Waals surface area contributed by atoms with E-state index < -0.39 is 17.9 Å². The van der Waals surface area contributed by atoms with E-state index in [4.69, 9.17) is 5.11 Å². The molecule has 0 radical (unpaired) electrons. The molecule has 0 fully saturated rings.